The number of likely N-dealkylation sites (tertiary alicyclic amines) is 1. The van der Waals surface area contributed by atoms with Crippen LogP contribution in [0.3, 0.4) is 0 Å². The van der Waals surface area contributed by atoms with Gasteiger partial charge < -0.3 is 15.5 Å². The van der Waals surface area contributed by atoms with Gasteiger partial charge >= 0.3 is 0 Å². The Hall–Kier alpha value is -2.11. The van der Waals surface area contributed by atoms with Crippen LogP contribution in [0.5, 0.6) is 0 Å². The number of aromatic nitrogens is 1. The van der Waals surface area contributed by atoms with Gasteiger partial charge in [-0.25, -0.2) is 0 Å². The third kappa shape index (κ3) is 3.93. The number of nitrogens with one attached hydrogen (secondary N) is 2. The van der Waals surface area contributed by atoms with Crippen LogP contribution in [-0.2, 0) is 9.59 Å². The highest BCUT2D eigenvalue weighted by Gasteiger charge is 2.28. The van der Waals surface area contributed by atoms with E-state index in [-0.39, 0.29) is 17.9 Å². The second-order valence-corrected chi connectivity index (χ2v) is 5.28. The van der Waals surface area contributed by atoms with Crippen LogP contribution >= 0.6 is 0 Å². The summed E-state index contributed by atoms with van der Waals surface area (Å²) in [5.74, 6) is -0.0262. The van der Waals surface area contributed by atoms with Crippen molar-refractivity contribution < 1.29 is 9.59 Å². The van der Waals surface area contributed by atoms with E-state index in [1.807, 2.05) is 13.0 Å². The largest absolute Gasteiger partial charge is 0.383 e. The molecule has 21 heavy (non-hydrogen) atoms. The van der Waals surface area contributed by atoms with E-state index in [0.717, 1.165) is 17.7 Å². The molecule has 2 rings (SSSR count). The zero-order valence-electron chi connectivity index (χ0n) is 12.6. The van der Waals surface area contributed by atoms with Crippen LogP contribution in [-0.4, -0.2) is 47.4 Å². The molecule has 2 N–H and O–H groups in total. The minimum absolute atomic E-state index is 0.0724. The van der Waals surface area contributed by atoms with Crippen molar-refractivity contribution in [1.29, 1.82) is 0 Å². The van der Waals surface area contributed by atoms with E-state index in [4.69, 9.17) is 0 Å². The molecule has 1 saturated heterocycles. The molecule has 0 aromatic carbocycles. The van der Waals surface area contributed by atoms with E-state index in [1.54, 1.807) is 24.2 Å². The Balaban J connectivity index is 1.72. The first-order chi connectivity index (χ1) is 10.1. The maximum absolute atomic E-state index is 12.0. The van der Waals surface area contributed by atoms with E-state index in [2.05, 4.69) is 15.6 Å². The van der Waals surface area contributed by atoms with Crippen LogP contribution in [0.1, 0.15) is 25.3 Å². The molecule has 2 heterocycles. The van der Waals surface area contributed by atoms with E-state index in [0.29, 0.717) is 26.1 Å². The van der Waals surface area contributed by atoms with Crippen molar-refractivity contribution in [2.75, 3.05) is 25.0 Å². The molecule has 1 aromatic heterocycles. The fourth-order valence-corrected chi connectivity index (χ4v) is 2.42. The number of rotatable bonds is 6. The highest BCUT2D eigenvalue weighted by atomic mass is 16.2. The smallest absolute Gasteiger partial charge is 0.242 e. The highest BCUT2D eigenvalue weighted by molar-refractivity contribution is 5.88. The van der Waals surface area contributed by atoms with Crippen molar-refractivity contribution in [2.45, 2.75) is 32.7 Å². The average molecular weight is 290 g/mol. The molecule has 1 atom stereocenters. The van der Waals surface area contributed by atoms with Crippen LogP contribution in [0.4, 0.5) is 5.69 Å². The predicted molar refractivity (Wildman–Crippen MR) is 80.9 cm³/mol. The van der Waals surface area contributed by atoms with Crippen LogP contribution < -0.4 is 10.6 Å². The van der Waals surface area contributed by atoms with Gasteiger partial charge in [-0.15, -0.1) is 0 Å². The third-order valence-electron chi connectivity index (χ3n) is 3.72. The Morgan fingerprint density at radius 2 is 2.29 bits per heavy atom. The molecule has 0 radical (unpaired) electrons. The van der Waals surface area contributed by atoms with Gasteiger partial charge in [-0.2, -0.15) is 0 Å². The zero-order chi connectivity index (χ0) is 15.2. The number of carbonyl (C=O) groups is 2. The summed E-state index contributed by atoms with van der Waals surface area (Å²) in [5, 5.41) is 6.11. The van der Waals surface area contributed by atoms with Gasteiger partial charge in [0.2, 0.25) is 11.8 Å². The molecule has 6 nitrogen and oxygen atoms in total. The van der Waals surface area contributed by atoms with Crippen LogP contribution in [0.25, 0.3) is 0 Å². The van der Waals surface area contributed by atoms with Gasteiger partial charge in [0.15, 0.2) is 0 Å². The number of aryl methyl sites for hydroxylation is 1. The van der Waals surface area contributed by atoms with Crippen molar-refractivity contribution >= 4 is 17.5 Å². The molecule has 1 aliphatic heterocycles. The topological polar surface area (TPSA) is 74.3 Å². The first kappa shape index (κ1) is 15.3. The van der Waals surface area contributed by atoms with Crippen LogP contribution in [0, 0.1) is 6.92 Å². The van der Waals surface area contributed by atoms with E-state index >= 15 is 0 Å². The lowest BCUT2D eigenvalue weighted by molar-refractivity contribution is -0.136. The summed E-state index contributed by atoms with van der Waals surface area (Å²) in [6.07, 6.45) is 4.93. The lowest BCUT2D eigenvalue weighted by Gasteiger charge is -2.23. The van der Waals surface area contributed by atoms with Gasteiger partial charge in [0.05, 0.1) is 0 Å². The summed E-state index contributed by atoms with van der Waals surface area (Å²) in [7, 11) is 0. The van der Waals surface area contributed by atoms with Crippen molar-refractivity contribution in [3.05, 3.63) is 24.0 Å². The Kier molecular flexibility index (Phi) is 5.14. The monoisotopic (exact) mass is 290 g/mol. The molecular weight excluding hydrogens is 268 g/mol. The SMILES string of the molecule is Cc1cnccc1NCCNC(=O)C(C)N1CCCC1=O. The molecule has 114 valence electrons. The summed E-state index contributed by atoms with van der Waals surface area (Å²) in [4.78, 5) is 29.3. The molecule has 0 aliphatic carbocycles. The fraction of sp³-hybridized carbons (Fsp3) is 0.533. The van der Waals surface area contributed by atoms with Crippen molar-refractivity contribution in [1.82, 2.24) is 15.2 Å². The lowest BCUT2D eigenvalue weighted by Crippen LogP contribution is -2.46. The maximum Gasteiger partial charge on any atom is 0.242 e. The van der Waals surface area contributed by atoms with Crippen molar-refractivity contribution in [3.63, 3.8) is 0 Å². The molecule has 1 aliphatic rings. The molecule has 1 aromatic rings. The predicted octanol–water partition coefficient (Wildman–Crippen LogP) is 0.929. The van der Waals surface area contributed by atoms with E-state index in [9.17, 15) is 9.59 Å². The van der Waals surface area contributed by atoms with E-state index < -0.39 is 0 Å². The molecule has 2 amide bonds. The number of pyridine rings is 1. The van der Waals surface area contributed by atoms with Gasteiger partial charge in [-0.3, -0.25) is 14.6 Å². The second-order valence-electron chi connectivity index (χ2n) is 5.28. The average Bonchev–Trinajstić information content (AvgIpc) is 2.90. The molecule has 6 heteroatoms. The summed E-state index contributed by atoms with van der Waals surface area (Å²) in [6, 6.07) is 1.52. The summed E-state index contributed by atoms with van der Waals surface area (Å²) >= 11 is 0. The van der Waals surface area contributed by atoms with Gasteiger partial charge in [-0.1, -0.05) is 0 Å². The Bertz CT molecular complexity index is 518. The molecule has 1 fully saturated rings. The molecule has 0 saturated carbocycles. The number of nitrogens with zero attached hydrogens (tertiary/aromatic N) is 2. The number of amides is 2. The summed E-state index contributed by atoms with van der Waals surface area (Å²) in [6.45, 7) is 5.60. The lowest BCUT2D eigenvalue weighted by atomic mass is 10.2. The first-order valence-corrected chi connectivity index (χ1v) is 7.31. The summed E-state index contributed by atoms with van der Waals surface area (Å²) < 4.78 is 0. The van der Waals surface area contributed by atoms with Crippen molar-refractivity contribution in [3.8, 4) is 0 Å². The normalized spacial score (nSPS) is 15.9. The van der Waals surface area contributed by atoms with Gasteiger partial charge in [0, 0.05) is 44.1 Å². The van der Waals surface area contributed by atoms with Crippen LogP contribution in [0.2, 0.25) is 0 Å². The number of anilines is 1. The van der Waals surface area contributed by atoms with Gasteiger partial charge in [-0.05, 0) is 31.9 Å². The van der Waals surface area contributed by atoms with Gasteiger partial charge in [0.1, 0.15) is 6.04 Å². The number of hydrogen-bond donors (Lipinski definition) is 2. The first-order valence-electron chi connectivity index (χ1n) is 7.31. The minimum atomic E-state index is -0.386. The Morgan fingerprint density at radius 3 is 2.95 bits per heavy atom. The third-order valence-corrected chi connectivity index (χ3v) is 3.72. The molecule has 0 spiro atoms. The van der Waals surface area contributed by atoms with Crippen molar-refractivity contribution in [2.24, 2.45) is 0 Å². The quantitative estimate of drug-likeness (QED) is 0.764. The minimum Gasteiger partial charge on any atom is -0.383 e. The molecule has 1 unspecified atom stereocenters. The Labute approximate surface area is 124 Å². The van der Waals surface area contributed by atoms with Gasteiger partial charge in [0.25, 0.3) is 0 Å². The molecule has 0 bridgehead atoms. The zero-order valence-corrected chi connectivity index (χ0v) is 12.6. The fourth-order valence-electron chi connectivity index (χ4n) is 2.42. The van der Waals surface area contributed by atoms with E-state index in [1.165, 1.54) is 0 Å². The summed E-state index contributed by atoms with van der Waals surface area (Å²) in [5.41, 5.74) is 2.09. The number of hydrogen-bond acceptors (Lipinski definition) is 4. The van der Waals surface area contributed by atoms with Crippen LogP contribution in [0.15, 0.2) is 18.5 Å². The highest BCUT2D eigenvalue weighted by Crippen LogP contribution is 2.13. The second kappa shape index (κ2) is 7.06. The molecular formula is C15H22N4O2. The number of carbonyl (C=O) groups excluding carboxylic acids is 2. The maximum atomic E-state index is 12.0. The standard InChI is InChI=1S/C15H22N4O2/c1-11-10-16-6-5-13(11)17-7-8-18-15(21)12(2)19-9-3-4-14(19)20/h5-6,10,12H,3-4,7-9H2,1-2H3,(H,16,17)(H,18,21). The Morgan fingerprint density at radius 1 is 1.48 bits per heavy atom.